The Morgan fingerprint density at radius 2 is 1.60 bits per heavy atom. The molecule has 7 nitrogen and oxygen atoms in total. The molecule has 30 heavy (non-hydrogen) atoms. The van der Waals surface area contributed by atoms with E-state index in [4.69, 9.17) is 4.74 Å². The van der Waals surface area contributed by atoms with Crippen LogP contribution in [0.25, 0.3) is 0 Å². The summed E-state index contributed by atoms with van der Waals surface area (Å²) in [7, 11) is -3.67. The lowest BCUT2D eigenvalue weighted by Gasteiger charge is -2.34. The predicted molar refractivity (Wildman–Crippen MR) is 109 cm³/mol. The third-order valence-corrected chi connectivity index (χ3v) is 6.32. The number of anilines is 2. The minimum absolute atomic E-state index is 0.121. The van der Waals surface area contributed by atoms with Crippen molar-refractivity contribution in [2.75, 3.05) is 30.3 Å². The van der Waals surface area contributed by atoms with Crippen LogP contribution in [0.5, 0.6) is 0 Å². The number of morpholine rings is 1. The maximum atomic E-state index is 13.2. The second-order valence-corrected chi connectivity index (χ2v) is 9.10. The van der Waals surface area contributed by atoms with Crippen LogP contribution in [-0.2, 0) is 19.6 Å². The fourth-order valence-corrected chi connectivity index (χ4v) is 4.82. The summed E-state index contributed by atoms with van der Waals surface area (Å²) in [5.74, 6) is -1.95. The second-order valence-electron chi connectivity index (χ2n) is 7.16. The SMILES string of the molecule is CC1CN(S(=O)(=O)c2ccc(NC(=O)CNc3cc(F)cc(F)c3)cc2)CC(C)O1. The average molecular weight is 439 g/mol. The Morgan fingerprint density at radius 1 is 1.03 bits per heavy atom. The summed E-state index contributed by atoms with van der Waals surface area (Å²) in [6, 6.07) is 8.70. The molecule has 1 aliphatic rings. The molecule has 0 radical (unpaired) electrons. The number of nitrogens with zero attached hydrogens (tertiary/aromatic N) is 1. The van der Waals surface area contributed by atoms with Crippen LogP contribution in [0, 0.1) is 11.6 Å². The maximum absolute atomic E-state index is 13.2. The fraction of sp³-hybridized carbons (Fsp3) is 0.350. The Morgan fingerprint density at radius 3 is 2.17 bits per heavy atom. The molecule has 10 heteroatoms. The van der Waals surface area contributed by atoms with Crippen molar-refractivity contribution in [3.8, 4) is 0 Å². The molecule has 2 unspecified atom stereocenters. The van der Waals surface area contributed by atoms with Gasteiger partial charge in [0.2, 0.25) is 15.9 Å². The van der Waals surface area contributed by atoms with Crippen molar-refractivity contribution in [3.05, 3.63) is 54.1 Å². The number of rotatable bonds is 6. The first-order valence-corrected chi connectivity index (χ1v) is 10.8. The summed E-state index contributed by atoms with van der Waals surface area (Å²) in [6.45, 7) is 3.98. The number of sulfonamides is 1. The lowest BCUT2D eigenvalue weighted by Crippen LogP contribution is -2.48. The Bertz CT molecular complexity index is 985. The van der Waals surface area contributed by atoms with Crippen molar-refractivity contribution in [2.45, 2.75) is 31.0 Å². The van der Waals surface area contributed by atoms with Gasteiger partial charge in [-0.05, 0) is 50.2 Å². The van der Waals surface area contributed by atoms with Crippen LogP contribution in [0.1, 0.15) is 13.8 Å². The number of nitrogens with one attached hydrogen (secondary N) is 2. The molecule has 1 heterocycles. The highest BCUT2D eigenvalue weighted by Gasteiger charge is 2.32. The molecule has 3 rings (SSSR count). The van der Waals surface area contributed by atoms with Gasteiger partial charge >= 0.3 is 0 Å². The lowest BCUT2D eigenvalue weighted by molar-refractivity contribution is -0.114. The van der Waals surface area contributed by atoms with Gasteiger partial charge < -0.3 is 15.4 Å². The normalized spacial score (nSPS) is 20.0. The van der Waals surface area contributed by atoms with Crippen molar-refractivity contribution in [1.29, 1.82) is 0 Å². The van der Waals surface area contributed by atoms with E-state index in [1.165, 1.54) is 28.6 Å². The molecule has 0 aromatic heterocycles. The van der Waals surface area contributed by atoms with Crippen LogP contribution in [-0.4, -0.2) is 50.5 Å². The van der Waals surface area contributed by atoms with E-state index in [0.29, 0.717) is 5.69 Å². The number of halogens is 2. The molecule has 0 saturated carbocycles. The van der Waals surface area contributed by atoms with Crippen molar-refractivity contribution >= 4 is 27.3 Å². The zero-order chi connectivity index (χ0) is 21.9. The largest absolute Gasteiger partial charge is 0.376 e. The Labute approximate surface area is 174 Å². The molecule has 2 aromatic carbocycles. The number of carbonyl (C=O) groups is 1. The maximum Gasteiger partial charge on any atom is 0.243 e. The average Bonchev–Trinajstić information content (AvgIpc) is 2.65. The highest BCUT2D eigenvalue weighted by molar-refractivity contribution is 7.89. The molecular weight excluding hydrogens is 416 g/mol. The van der Waals surface area contributed by atoms with Gasteiger partial charge in [-0.1, -0.05) is 0 Å². The predicted octanol–water partition coefficient (Wildman–Crippen LogP) is 2.81. The first-order valence-electron chi connectivity index (χ1n) is 9.39. The van der Waals surface area contributed by atoms with Gasteiger partial charge in [0.1, 0.15) is 11.6 Å². The van der Waals surface area contributed by atoms with Gasteiger partial charge in [-0.2, -0.15) is 4.31 Å². The van der Waals surface area contributed by atoms with Crippen LogP contribution in [0.15, 0.2) is 47.4 Å². The lowest BCUT2D eigenvalue weighted by atomic mass is 10.3. The molecule has 1 aliphatic heterocycles. The van der Waals surface area contributed by atoms with Gasteiger partial charge in [0.15, 0.2) is 0 Å². The highest BCUT2D eigenvalue weighted by Crippen LogP contribution is 2.22. The quantitative estimate of drug-likeness (QED) is 0.723. The Hall–Kier alpha value is -2.56. The molecule has 162 valence electrons. The van der Waals surface area contributed by atoms with Crippen molar-refractivity contribution < 1.29 is 26.7 Å². The number of hydrogen-bond donors (Lipinski definition) is 2. The van der Waals surface area contributed by atoms with E-state index < -0.39 is 27.6 Å². The van der Waals surface area contributed by atoms with Gasteiger partial charge in [0.25, 0.3) is 0 Å². The number of hydrogen-bond acceptors (Lipinski definition) is 5. The van der Waals surface area contributed by atoms with Gasteiger partial charge in [0, 0.05) is 30.5 Å². The van der Waals surface area contributed by atoms with E-state index >= 15 is 0 Å². The van der Waals surface area contributed by atoms with Crippen molar-refractivity contribution in [2.24, 2.45) is 0 Å². The van der Waals surface area contributed by atoms with Crippen LogP contribution in [0.2, 0.25) is 0 Å². The monoisotopic (exact) mass is 439 g/mol. The Balaban J connectivity index is 1.60. The summed E-state index contributed by atoms with van der Waals surface area (Å²) < 4.78 is 59.0. The molecule has 1 amide bonds. The van der Waals surface area contributed by atoms with E-state index in [1.54, 1.807) is 0 Å². The smallest absolute Gasteiger partial charge is 0.243 e. The van der Waals surface area contributed by atoms with Crippen LogP contribution >= 0.6 is 0 Å². The van der Waals surface area contributed by atoms with Crippen LogP contribution in [0.4, 0.5) is 20.2 Å². The van der Waals surface area contributed by atoms with Crippen molar-refractivity contribution in [3.63, 3.8) is 0 Å². The van der Waals surface area contributed by atoms with Crippen molar-refractivity contribution in [1.82, 2.24) is 4.31 Å². The Kier molecular flexibility index (Phi) is 6.69. The van der Waals surface area contributed by atoms with E-state index in [9.17, 15) is 22.0 Å². The zero-order valence-electron chi connectivity index (χ0n) is 16.6. The first kappa shape index (κ1) is 22.1. The summed E-state index contributed by atoms with van der Waals surface area (Å²) in [6.07, 6.45) is -0.387. The molecule has 0 aliphatic carbocycles. The van der Waals surface area contributed by atoms with E-state index in [1.807, 2.05) is 13.8 Å². The van der Waals surface area contributed by atoms with E-state index in [0.717, 1.165) is 18.2 Å². The molecule has 2 N–H and O–H groups in total. The topological polar surface area (TPSA) is 87.7 Å². The number of carbonyl (C=O) groups excluding carboxylic acids is 1. The first-order chi connectivity index (χ1) is 14.1. The second kappa shape index (κ2) is 9.07. The molecule has 1 fully saturated rings. The third-order valence-electron chi connectivity index (χ3n) is 4.48. The van der Waals surface area contributed by atoms with Gasteiger partial charge in [-0.15, -0.1) is 0 Å². The van der Waals surface area contributed by atoms with Gasteiger partial charge in [-0.3, -0.25) is 4.79 Å². The minimum Gasteiger partial charge on any atom is -0.376 e. The summed E-state index contributed by atoms with van der Waals surface area (Å²) in [4.78, 5) is 12.2. The fourth-order valence-electron chi connectivity index (χ4n) is 3.23. The molecule has 2 atom stereocenters. The summed E-state index contributed by atoms with van der Waals surface area (Å²) >= 11 is 0. The van der Waals surface area contributed by atoms with Crippen LogP contribution < -0.4 is 10.6 Å². The highest BCUT2D eigenvalue weighted by atomic mass is 32.2. The minimum atomic E-state index is -3.67. The molecule has 1 saturated heterocycles. The number of benzene rings is 2. The van der Waals surface area contributed by atoms with Crippen LogP contribution in [0.3, 0.4) is 0 Å². The number of amides is 1. The van der Waals surface area contributed by atoms with Gasteiger partial charge in [-0.25, -0.2) is 17.2 Å². The van der Waals surface area contributed by atoms with Gasteiger partial charge in [0.05, 0.1) is 23.6 Å². The molecule has 0 spiro atoms. The molecular formula is C20H23F2N3O4S. The van der Waals surface area contributed by atoms with E-state index in [2.05, 4.69) is 10.6 Å². The molecule has 2 aromatic rings. The third kappa shape index (κ3) is 5.53. The summed E-state index contributed by atoms with van der Waals surface area (Å²) in [5.41, 5.74) is 0.535. The number of ether oxygens (including phenoxy) is 1. The summed E-state index contributed by atoms with van der Waals surface area (Å²) in [5, 5.41) is 5.22. The standard InChI is InChI=1S/C20H23F2N3O4S/c1-13-11-25(12-14(2)29-13)30(27,28)19-5-3-17(4-6-19)24-20(26)10-23-18-8-15(21)7-16(22)9-18/h3-9,13-14,23H,10-12H2,1-2H3,(H,24,26). The van der Waals surface area contributed by atoms with E-state index in [-0.39, 0.29) is 42.4 Å². The molecule has 0 bridgehead atoms. The zero-order valence-corrected chi connectivity index (χ0v) is 17.4.